The minimum Gasteiger partial charge on any atom is -0.300 e. The van der Waals surface area contributed by atoms with Crippen molar-refractivity contribution >= 4 is 21.7 Å². The predicted molar refractivity (Wildman–Crippen MR) is 62.8 cm³/mol. The molecule has 0 atom stereocenters. The molecule has 0 bridgehead atoms. The molecule has 76 valence electrons. The van der Waals surface area contributed by atoms with Gasteiger partial charge in [-0.1, -0.05) is 41.1 Å². The van der Waals surface area contributed by atoms with Crippen LogP contribution in [0.25, 0.3) is 0 Å². The summed E-state index contributed by atoms with van der Waals surface area (Å²) in [5.74, 6) is 0.223. The minimum atomic E-state index is 0.223. The van der Waals surface area contributed by atoms with Gasteiger partial charge in [-0.05, 0) is 30.0 Å². The first-order valence-electron chi connectivity index (χ1n) is 4.83. The van der Waals surface area contributed by atoms with E-state index >= 15 is 0 Å². The van der Waals surface area contributed by atoms with Crippen LogP contribution in [0.2, 0.25) is 0 Å². The number of hydrogen-bond acceptors (Lipinski definition) is 1. The number of rotatable bonds is 4. The number of hydrogen-bond donors (Lipinski definition) is 0. The van der Waals surface area contributed by atoms with Crippen LogP contribution >= 0.6 is 15.9 Å². The van der Waals surface area contributed by atoms with Gasteiger partial charge in [-0.2, -0.15) is 0 Å². The molecular formula is C12H15BrO. The maximum absolute atomic E-state index is 11.1. The molecule has 0 spiro atoms. The molecule has 0 aliphatic heterocycles. The van der Waals surface area contributed by atoms with Gasteiger partial charge in [0.1, 0.15) is 5.78 Å². The van der Waals surface area contributed by atoms with Crippen molar-refractivity contribution in [2.45, 2.75) is 32.0 Å². The summed E-state index contributed by atoms with van der Waals surface area (Å²) in [6, 6.07) is 6.37. The summed E-state index contributed by atoms with van der Waals surface area (Å²) in [4.78, 5) is 11.1. The zero-order valence-corrected chi connectivity index (χ0v) is 10.2. The summed E-state index contributed by atoms with van der Waals surface area (Å²) in [5, 5.41) is 0.819. The van der Waals surface area contributed by atoms with Gasteiger partial charge in [0.2, 0.25) is 0 Å². The Morgan fingerprint density at radius 1 is 1.36 bits per heavy atom. The van der Waals surface area contributed by atoms with Crippen molar-refractivity contribution in [2.24, 2.45) is 0 Å². The number of carbonyl (C=O) groups excluding carboxylic acids is 1. The molecule has 1 rings (SSSR count). The van der Waals surface area contributed by atoms with Crippen LogP contribution in [-0.2, 0) is 23.0 Å². The van der Waals surface area contributed by atoms with Crippen LogP contribution < -0.4 is 0 Å². The van der Waals surface area contributed by atoms with Gasteiger partial charge in [-0.3, -0.25) is 4.79 Å². The summed E-state index contributed by atoms with van der Waals surface area (Å²) >= 11 is 3.43. The summed E-state index contributed by atoms with van der Waals surface area (Å²) < 4.78 is 0. The van der Waals surface area contributed by atoms with E-state index in [0.717, 1.165) is 17.3 Å². The third-order valence-electron chi connectivity index (χ3n) is 2.26. The fraction of sp³-hybridized carbons (Fsp3) is 0.417. The molecule has 0 saturated carbocycles. The van der Waals surface area contributed by atoms with Crippen LogP contribution in [0, 0.1) is 0 Å². The molecule has 1 aromatic rings. The fourth-order valence-electron chi connectivity index (χ4n) is 1.46. The number of Topliss-reactive ketones (excluding diaryl/α,β-unsaturated/α-hetero) is 1. The van der Waals surface area contributed by atoms with E-state index in [4.69, 9.17) is 0 Å². The lowest BCUT2D eigenvalue weighted by Gasteiger charge is -2.07. The topological polar surface area (TPSA) is 17.1 Å². The third-order valence-corrected chi connectivity index (χ3v) is 2.87. The van der Waals surface area contributed by atoms with Crippen molar-refractivity contribution < 1.29 is 4.79 Å². The molecule has 0 fully saturated rings. The van der Waals surface area contributed by atoms with Gasteiger partial charge in [-0.15, -0.1) is 0 Å². The molecule has 0 N–H and O–H groups in total. The minimum absolute atomic E-state index is 0.223. The van der Waals surface area contributed by atoms with Crippen LogP contribution in [0.15, 0.2) is 18.2 Å². The molecule has 0 amide bonds. The Morgan fingerprint density at radius 3 is 2.57 bits per heavy atom. The molecule has 0 saturated heterocycles. The third kappa shape index (κ3) is 2.95. The molecule has 14 heavy (non-hydrogen) atoms. The van der Waals surface area contributed by atoms with Gasteiger partial charge in [0.15, 0.2) is 0 Å². The molecule has 2 heteroatoms. The molecule has 0 aromatic heterocycles. The lowest BCUT2D eigenvalue weighted by atomic mass is 10.00. The Bertz CT molecular complexity index is 331. The second kappa shape index (κ2) is 5.30. The Balaban J connectivity index is 3.01. The number of benzene rings is 1. The van der Waals surface area contributed by atoms with Crippen molar-refractivity contribution in [2.75, 3.05) is 0 Å². The zero-order valence-electron chi connectivity index (χ0n) is 8.64. The highest BCUT2D eigenvalue weighted by molar-refractivity contribution is 9.08. The maximum atomic E-state index is 11.1. The molecule has 1 aromatic carbocycles. The molecule has 0 radical (unpaired) electrons. The Morgan fingerprint density at radius 2 is 2.07 bits per heavy atom. The van der Waals surface area contributed by atoms with Gasteiger partial charge >= 0.3 is 0 Å². The van der Waals surface area contributed by atoms with Gasteiger partial charge < -0.3 is 0 Å². The fourth-order valence-corrected chi connectivity index (χ4v) is 2.01. The highest BCUT2D eigenvalue weighted by Crippen LogP contribution is 2.16. The number of halogens is 1. The van der Waals surface area contributed by atoms with Crippen LogP contribution in [0.4, 0.5) is 0 Å². The molecule has 0 heterocycles. The van der Waals surface area contributed by atoms with Crippen molar-refractivity contribution in [3.8, 4) is 0 Å². The lowest BCUT2D eigenvalue weighted by Crippen LogP contribution is -2.01. The van der Waals surface area contributed by atoms with E-state index in [9.17, 15) is 4.79 Å². The lowest BCUT2D eigenvalue weighted by molar-refractivity contribution is -0.116. The molecule has 1 nitrogen and oxygen atoms in total. The number of carbonyl (C=O) groups is 1. The first-order valence-corrected chi connectivity index (χ1v) is 5.95. The van der Waals surface area contributed by atoms with Gasteiger partial charge in [-0.25, -0.2) is 0 Å². The zero-order chi connectivity index (χ0) is 10.6. The van der Waals surface area contributed by atoms with Crippen LogP contribution in [0.3, 0.4) is 0 Å². The average molecular weight is 255 g/mol. The summed E-state index contributed by atoms with van der Waals surface area (Å²) in [6.45, 7) is 3.76. The second-order valence-corrected chi connectivity index (χ2v) is 4.03. The predicted octanol–water partition coefficient (Wildman–Crippen LogP) is 3.28. The Hall–Kier alpha value is -0.630. The van der Waals surface area contributed by atoms with E-state index in [-0.39, 0.29) is 5.78 Å². The van der Waals surface area contributed by atoms with E-state index in [2.05, 4.69) is 41.1 Å². The highest BCUT2D eigenvalue weighted by atomic mass is 79.9. The maximum Gasteiger partial charge on any atom is 0.134 e. The molecule has 0 aliphatic carbocycles. The van der Waals surface area contributed by atoms with Crippen LogP contribution in [0.5, 0.6) is 0 Å². The van der Waals surface area contributed by atoms with Crippen molar-refractivity contribution in [1.29, 1.82) is 0 Å². The second-order valence-electron chi connectivity index (χ2n) is 3.47. The van der Waals surface area contributed by atoms with E-state index < -0.39 is 0 Å². The SMILES string of the molecule is CCc1ccc(CBr)c(CC(C)=O)c1. The standard InChI is InChI=1S/C12H15BrO/c1-3-10-4-5-11(8-13)12(7-10)6-9(2)14/h4-5,7H,3,6,8H2,1-2H3. The van der Waals surface area contributed by atoms with Gasteiger partial charge in [0.25, 0.3) is 0 Å². The first-order chi connectivity index (χ1) is 6.67. The number of aryl methyl sites for hydroxylation is 1. The molecule has 0 unspecified atom stereocenters. The summed E-state index contributed by atoms with van der Waals surface area (Å²) in [5.41, 5.74) is 3.68. The van der Waals surface area contributed by atoms with Crippen LogP contribution in [-0.4, -0.2) is 5.78 Å². The van der Waals surface area contributed by atoms with E-state index in [1.54, 1.807) is 6.92 Å². The van der Waals surface area contributed by atoms with E-state index in [1.165, 1.54) is 11.1 Å². The largest absolute Gasteiger partial charge is 0.300 e. The Kier molecular flexibility index (Phi) is 4.33. The highest BCUT2D eigenvalue weighted by Gasteiger charge is 2.04. The monoisotopic (exact) mass is 254 g/mol. The van der Waals surface area contributed by atoms with Gasteiger partial charge in [0.05, 0.1) is 0 Å². The molecular weight excluding hydrogens is 240 g/mol. The normalized spacial score (nSPS) is 10.2. The summed E-state index contributed by atoms with van der Waals surface area (Å²) in [6.07, 6.45) is 1.57. The number of ketones is 1. The first kappa shape index (κ1) is 11.4. The van der Waals surface area contributed by atoms with Crippen molar-refractivity contribution in [3.63, 3.8) is 0 Å². The van der Waals surface area contributed by atoms with Gasteiger partial charge in [0, 0.05) is 11.8 Å². The average Bonchev–Trinajstić information content (AvgIpc) is 2.16. The van der Waals surface area contributed by atoms with E-state index in [0.29, 0.717) is 6.42 Å². The van der Waals surface area contributed by atoms with Crippen molar-refractivity contribution in [1.82, 2.24) is 0 Å². The smallest absolute Gasteiger partial charge is 0.134 e. The molecule has 0 aliphatic rings. The number of alkyl halides is 1. The quantitative estimate of drug-likeness (QED) is 0.754. The Labute approximate surface area is 93.7 Å². The van der Waals surface area contributed by atoms with E-state index in [1.807, 2.05) is 0 Å². The van der Waals surface area contributed by atoms with Crippen molar-refractivity contribution in [3.05, 3.63) is 34.9 Å². The van der Waals surface area contributed by atoms with Crippen LogP contribution in [0.1, 0.15) is 30.5 Å². The summed E-state index contributed by atoms with van der Waals surface area (Å²) in [7, 11) is 0.